The molecule has 0 spiro atoms. The highest BCUT2D eigenvalue weighted by molar-refractivity contribution is 8.03. The number of rotatable bonds is 9. The fourth-order valence-corrected chi connectivity index (χ4v) is 3.66. The molecule has 3 heteroatoms. The number of aliphatic hydroxyl groups excluding tert-OH is 1. The van der Waals surface area contributed by atoms with Crippen molar-refractivity contribution in [2.45, 2.75) is 50.9 Å². The second kappa shape index (κ2) is 10.2. The van der Waals surface area contributed by atoms with Crippen LogP contribution in [0.5, 0.6) is 0 Å². The molecule has 86 valence electrons. The number of hydrogen-bond acceptors (Lipinski definition) is 3. The van der Waals surface area contributed by atoms with Crippen molar-refractivity contribution in [3.8, 4) is 0 Å². The lowest BCUT2D eigenvalue weighted by Crippen LogP contribution is -2.25. The van der Waals surface area contributed by atoms with Gasteiger partial charge in [-0.2, -0.15) is 23.5 Å². The number of unbranched alkanes of at least 4 members (excludes halogenated alkanes) is 1. The molecule has 0 aliphatic carbocycles. The summed E-state index contributed by atoms with van der Waals surface area (Å²) in [7, 11) is 0. The van der Waals surface area contributed by atoms with Gasteiger partial charge < -0.3 is 5.11 Å². The summed E-state index contributed by atoms with van der Waals surface area (Å²) in [5, 5.41) is 10.3. The first-order valence-corrected chi connectivity index (χ1v) is 7.99. The highest BCUT2D eigenvalue weighted by Gasteiger charge is 2.16. The van der Waals surface area contributed by atoms with E-state index in [9.17, 15) is 5.11 Å². The maximum Gasteiger partial charge on any atom is 0.0666 e. The summed E-state index contributed by atoms with van der Waals surface area (Å²) in [5.41, 5.74) is 0. The lowest BCUT2D eigenvalue weighted by atomic mass is 10.1. The minimum absolute atomic E-state index is 0.107. The molecule has 0 heterocycles. The van der Waals surface area contributed by atoms with Crippen LogP contribution in [0.15, 0.2) is 0 Å². The Balaban J connectivity index is 3.56. The average Bonchev–Trinajstić information content (AvgIpc) is 2.18. The van der Waals surface area contributed by atoms with E-state index in [1.54, 1.807) is 11.8 Å². The third-order valence-electron chi connectivity index (χ3n) is 2.24. The molecule has 0 saturated heterocycles. The summed E-state index contributed by atoms with van der Waals surface area (Å²) in [6.45, 7) is 4.35. The number of aliphatic hydroxyl groups is 1. The number of hydrogen-bond donors (Lipinski definition) is 1. The average molecular weight is 236 g/mol. The second-order valence-electron chi connectivity index (χ2n) is 3.56. The van der Waals surface area contributed by atoms with Crippen molar-refractivity contribution in [1.82, 2.24) is 0 Å². The summed E-state index contributed by atoms with van der Waals surface area (Å²) in [6, 6.07) is 0. The van der Waals surface area contributed by atoms with Gasteiger partial charge in [-0.3, -0.25) is 0 Å². The van der Waals surface area contributed by atoms with Gasteiger partial charge in [-0.25, -0.2) is 0 Å². The zero-order valence-corrected chi connectivity index (χ0v) is 11.3. The Morgan fingerprint density at radius 1 is 1.21 bits per heavy atom. The van der Waals surface area contributed by atoms with E-state index in [1.165, 1.54) is 18.6 Å². The Morgan fingerprint density at radius 2 is 1.93 bits per heavy atom. The van der Waals surface area contributed by atoms with Crippen molar-refractivity contribution in [3.63, 3.8) is 0 Å². The molecule has 0 fully saturated rings. The van der Waals surface area contributed by atoms with Crippen molar-refractivity contribution in [2.24, 2.45) is 0 Å². The minimum atomic E-state index is -0.107. The van der Waals surface area contributed by atoms with Crippen LogP contribution < -0.4 is 0 Å². The van der Waals surface area contributed by atoms with Crippen molar-refractivity contribution in [1.29, 1.82) is 0 Å². The Kier molecular flexibility index (Phi) is 10.7. The van der Waals surface area contributed by atoms with E-state index in [2.05, 4.69) is 20.1 Å². The van der Waals surface area contributed by atoms with Crippen molar-refractivity contribution in [3.05, 3.63) is 0 Å². The van der Waals surface area contributed by atoms with Gasteiger partial charge in [-0.15, -0.1) is 0 Å². The van der Waals surface area contributed by atoms with E-state index in [-0.39, 0.29) is 6.10 Å². The van der Waals surface area contributed by atoms with E-state index in [1.807, 2.05) is 11.8 Å². The number of thioether (sulfide) groups is 2. The molecule has 0 saturated carbocycles. The first-order chi connectivity index (χ1) is 6.76. The Hall–Kier alpha value is 0.660. The molecule has 2 atom stereocenters. The molecule has 0 aliphatic heterocycles. The second-order valence-corrected chi connectivity index (χ2v) is 5.79. The zero-order valence-electron chi connectivity index (χ0n) is 9.66. The fraction of sp³-hybridized carbons (Fsp3) is 1.00. The van der Waals surface area contributed by atoms with Crippen LogP contribution in [0.25, 0.3) is 0 Å². The van der Waals surface area contributed by atoms with Crippen LogP contribution >= 0.6 is 23.5 Å². The Bertz CT molecular complexity index is 120. The van der Waals surface area contributed by atoms with Gasteiger partial charge in [-0.05, 0) is 24.9 Å². The molecule has 0 aliphatic rings. The lowest BCUT2D eigenvalue weighted by Gasteiger charge is -2.20. The molecule has 0 aromatic rings. The molecule has 0 unspecified atom stereocenters. The van der Waals surface area contributed by atoms with E-state index in [0.29, 0.717) is 5.25 Å². The molecule has 1 N–H and O–H groups in total. The monoisotopic (exact) mass is 236 g/mol. The Morgan fingerprint density at radius 3 is 2.43 bits per heavy atom. The molecular weight excluding hydrogens is 212 g/mol. The van der Waals surface area contributed by atoms with Gasteiger partial charge in [0.25, 0.3) is 0 Å². The lowest BCUT2D eigenvalue weighted by molar-refractivity contribution is 0.166. The van der Waals surface area contributed by atoms with Gasteiger partial charge in [-0.1, -0.05) is 26.7 Å². The summed E-state index contributed by atoms with van der Waals surface area (Å²) in [6.07, 6.45) is 6.59. The summed E-state index contributed by atoms with van der Waals surface area (Å²) >= 11 is 3.79. The molecule has 0 rings (SSSR count). The highest BCUT2D eigenvalue weighted by Crippen LogP contribution is 2.20. The first kappa shape index (κ1) is 14.7. The van der Waals surface area contributed by atoms with Gasteiger partial charge in [0, 0.05) is 11.0 Å². The minimum Gasteiger partial charge on any atom is -0.392 e. The summed E-state index contributed by atoms with van der Waals surface area (Å²) in [4.78, 5) is 0. The van der Waals surface area contributed by atoms with Gasteiger partial charge in [0.1, 0.15) is 0 Å². The quantitative estimate of drug-likeness (QED) is 0.620. The summed E-state index contributed by atoms with van der Waals surface area (Å²) in [5.74, 6) is 2.34. The van der Waals surface area contributed by atoms with Crippen LogP contribution in [0.3, 0.4) is 0 Å². The molecule has 0 amide bonds. The predicted molar refractivity (Wildman–Crippen MR) is 70.5 cm³/mol. The van der Waals surface area contributed by atoms with Gasteiger partial charge in [0.15, 0.2) is 0 Å². The van der Waals surface area contributed by atoms with Crippen LogP contribution in [0.1, 0.15) is 39.5 Å². The first-order valence-electron chi connectivity index (χ1n) is 5.54. The molecule has 0 radical (unpaired) electrons. The Labute approximate surface area is 97.4 Å². The predicted octanol–water partition coefficient (Wildman–Crippen LogP) is 3.41. The van der Waals surface area contributed by atoms with Crippen LogP contribution in [0.4, 0.5) is 0 Å². The zero-order chi connectivity index (χ0) is 10.8. The van der Waals surface area contributed by atoms with Crippen LogP contribution in [-0.2, 0) is 0 Å². The molecule has 0 bridgehead atoms. The van der Waals surface area contributed by atoms with Crippen molar-refractivity contribution >= 4 is 23.5 Å². The van der Waals surface area contributed by atoms with Gasteiger partial charge in [0.05, 0.1) is 6.10 Å². The smallest absolute Gasteiger partial charge is 0.0666 e. The molecule has 0 aromatic carbocycles. The van der Waals surface area contributed by atoms with Crippen molar-refractivity contribution in [2.75, 3.05) is 17.8 Å². The van der Waals surface area contributed by atoms with E-state index in [4.69, 9.17) is 0 Å². The van der Waals surface area contributed by atoms with E-state index in [0.717, 1.165) is 18.6 Å². The van der Waals surface area contributed by atoms with Crippen LogP contribution in [-0.4, -0.2) is 34.2 Å². The summed E-state index contributed by atoms with van der Waals surface area (Å²) < 4.78 is 0. The molecular formula is C11H24OS2. The largest absolute Gasteiger partial charge is 0.392 e. The topological polar surface area (TPSA) is 20.2 Å². The van der Waals surface area contributed by atoms with Crippen LogP contribution in [0, 0.1) is 0 Å². The highest BCUT2D eigenvalue weighted by atomic mass is 32.2. The fourth-order valence-electron chi connectivity index (χ4n) is 1.26. The van der Waals surface area contributed by atoms with E-state index < -0.39 is 0 Å². The molecule has 14 heavy (non-hydrogen) atoms. The van der Waals surface area contributed by atoms with Gasteiger partial charge >= 0.3 is 0 Å². The third-order valence-corrected chi connectivity index (χ3v) is 4.71. The maximum absolute atomic E-state index is 9.83. The maximum atomic E-state index is 9.83. The van der Waals surface area contributed by atoms with Gasteiger partial charge in [0.2, 0.25) is 0 Å². The normalized spacial score (nSPS) is 15.4. The molecule has 1 nitrogen and oxygen atoms in total. The third kappa shape index (κ3) is 7.02. The van der Waals surface area contributed by atoms with Crippen molar-refractivity contribution < 1.29 is 5.11 Å². The molecule has 0 aromatic heterocycles. The van der Waals surface area contributed by atoms with Crippen LogP contribution in [0.2, 0.25) is 0 Å². The standard InChI is InChI=1S/C11H24OS2/c1-4-6-8-14-9-11(13-3)10(12)7-5-2/h10-12H,4-9H2,1-3H3/t10-,11+/m0/s1. The van der Waals surface area contributed by atoms with E-state index >= 15 is 0 Å². The SMILES string of the molecule is CCCCSC[C@@H](SC)[C@@H](O)CCC.